The number of anilines is 1. The maximum Gasteiger partial charge on any atom is 0.417 e. The van der Waals surface area contributed by atoms with Crippen LogP contribution < -0.4 is 4.31 Å². The minimum atomic E-state index is -4.76. The highest BCUT2D eigenvalue weighted by Gasteiger charge is 2.34. The fourth-order valence-corrected chi connectivity index (χ4v) is 3.60. The Morgan fingerprint density at radius 3 is 2.31 bits per heavy atom. The molecule has 0 saturated carbocycles. The van der Waals surface area contributed by atoms with Gasteiger partial charge in [0.2, 0.25) is 0 Å². The maximum absolute atomic E-state index is 13.0. The van der Waals surface area contributed by atoms with Gasteiger partial charge in [0, 0.05) is 18.7 Å². The molecule has 2 rings (SSSR count). The van der Waals surface area contributed by atoms with E-state index in [0.29, 0.717) is 10.4 Å². The first kappa shape index (κ1) is 20.0. The van der Waals surface area contributed by atoms with E-state index in [4.69, 9.17) is 11.6 Å². The number of hydrogen-bond acceptors (Lipinski definition) is 4. The van der Waals surface area contributed by atoms with Crippen molar-refractivity contribution in [1.29, 1.82) is 0 Å². The van der Waals surface area contributed by atoms with E-state index in [-0.39, 0.29) is 11.3 Å². The molecule has 140 valence electrons. The van der Waals surface area contributed by atoms with Gasteiger partial charge >= 0.3 is 6.18 Å². The van der Waals surface area contributed by atoms with Gasteiger partial charge in [0.15, 0.2) is 0 Å². The van der Waals surface area contributed by atoms with Crippen LogP contribution in [-0.2, 0) is 16.2 Å². The van der Waals surface area contributed by atoms with Gasteiger partial charge in [0.25, 0.3) is 15.7 Å². The van der Waals surface area contributed by atoms with Gasteiger partial charge in [-0.3, -0.25) is 14.4 Å². The molecule has 0 bridgehead atoms. The van der Waals surface area contributed by atoms with Gasteiger partial charge in [-0.1, -0.05) is 17.7 Å². The summed E-state index contributed by atoms with van der Waals surface area (Å²) in [5.74, 6) is 0. The standard InChI is InChI=1S/C15H12ClF3N2O4S/c1-9-3-5-11(8-14(9)21(22)23)26(24,25)20(2)10-4-6-13(16)12(7-10)15(17,18)19/h3-8H,1-2H3. The molecule has 0 fully saturated rings. The Bertz CT molecular complexity index is 977. The first-order valence-corrected chi connectivity index (χ1v) is 8.78. The Labute approximate surface area is 152 Å². The van der Waals surface area contributed by atoms with E-state index in [9.17, 15) is 31.7 Å². The van der Waals surface area contributed by atoms with E-state index < -0.39 is 42.3 Å². The zero-order valence-corrected chi connectivity index (χ0v) is 15.0. The summed E-state index contributed by atoms with van der Waals surface area (Å²) in [6.07, 6.45) is -4.76. The summed E-state index contributed by atoms with van der Waals surface area (Å²) < 4.78 is 64.8. The molecule has 0 heterocycles. The monoisotopic (exact) mass is 408 g/mol. The molecule has 0 saturated heterocycles. The van der Waals surface area contributed by atoms with Crippen LogP contribution in [0, 0.1) is 17.0 Å². The summed E-state index contributed by atoms with van der Waals surface area (Å²) in [4.78, 5) is 9.84. The maximum atomic E-state index is 13.0. The fourth-order valence-electron chi connectivity index (χ4n) is 2.17. The Hall–Kier alpha value is -2.33. The third-order valence-corrected chi connectivity index (χ3v) is 5.77. The highest BCUT2D eigenvalue weighted by atomic mass is 35.5. The Kier molecular flexibility index (Phi) is 5.20. The predicted molar refractivity (Wildman–Crippen MR) is 89.9 cm³/mol. The van der Waals surface area contributed by atoms with Crippen LogP contribution in [0.3, 0.4) is 0 Å². The van der Waals surface area contributed by atoms with Crippen molar-refractivity contribution in [2.75, 3.05) is 11.4 Å². The van der Waals surface area contributed by atoms with E-state index in [0.717, 1.165) is 31.3 Å². The van der Waals surface area contributed by atoms with Crippen molar-refractivity contribution in [3.8, 4) is 0 Å². The minimum Gasteiger partial charge on any atom is -0.269 e. The van der Waals surface area contributed by atoms with Crippen LogP contribution in [0.2, 0.25) is 5.02 Å². The topological polar surface area (TPSA) is 80.5 Å². The predicted octanol–water partition coefficient (Wildman–Crippen LogP) is 4.40. The summed E-state index contributed by atoms with van der Waals surface area (Å²) in [6, 6.07) is 5.90. The molecule has 0 radical (unpaired) electrons. The Balaban J connectivity index is 2.54. The van der Waals surface area contributed by atoms with Crippen molar-refractivity contribution in [1.82, 2.24) is 0 Å². The zero-order chi connectivity index (χ0) is 19.9. The number of halogens is 4. The number of nitrogens with zero attached hydrogens (tertiary/aromatic N) is 2. The van der Waals surface area contributed by atoms with Crippen molar-refractivity contribution in [2.45, 2.75) is 18.0 Å². The molecule has 0 aliphatic carbocycles. The van der Waals surface area contributed by atoms with Crippen LogP contribution in [0.15, 0.2) is 41.3 Å². The highest BCUT2D eigenvalue weighted by Crippen LogP contribution is 2.37. The lowest BCUT2D eigenvalue weighted by Gasteiger charge is -2.21. The normalized spacial score (nSPS) is 12.1. The van der Waals surface area contributed by atoms with E-state index in [1.807, 2.05) is 0 Å². The summed E-state index contributed by atoms with van der Waals surface area (Å²) in [6.45, 7) is 1.44. The molecule has 2 aromatic rings. The van der Waals surface area contributed by atoms with Gasteiger partial charge in [-0.2, -0.15) is 13.2 Å². The van der Waals surface area contributed by atoms with Gasteiger partial charge < -0.3 is 0 Å². The zero-order valence-electron chi connectivity index (χ0n) is 13.4. The lowest BCUT2D eigenvalue weighted by Crippen LogP contribution is -2.27. The first-order valence-electron chi connectivity index (χ1n) is 6.96. The van der Waals surface area contributed by atoms with Crippen molar-refractivity contribution in [3.05, 3.63) is 62.7 Å². The molecule has 0 unspecified atom stereocenters. The van der Waals surface area contributed by atoms with Crippen LogP contribution in [-0.4, -0.2) is 20.4 Å². The number of aryl methyl sites for hydroxylation is 1. The lowest BCUT2D eigenvalue weighted by molar-refractivity contribution is -0.385. The lowest BCUT2D eigenvalue weighted by atomic mass is 10.2. The second kappa shape index (κ2) is 6.76. The molecule has 6 nitrogen and oxygen atoms in total. The van der Waals surface area contributed by atoms with Gasteiger partial charge in [0.1, 0.15) is 0 Å². The SMILES string of the molecule is Cc1ccc(S(=O)(=O)N(C)c2ccc(Cl)c(C(F)(F)F)c2)cc1[N+](=O)[O-]. The van der Waals surface area contributed by atoms with Gasteiger partial charge in [0.05, 0.1) is 26.1 Å². The molecule has 0 aliphatic rings. The molecule has 0 aromatic heterocycles. The quantitative estimate of drug-likeness (QED) is 0.554. The van der Waals surface area contributed by atoms with Crippen molar-refractivity contribution >= 4 is 33.0 Å². The summed E-state index contributed by atoms with van der Waals surface area (Å²) in [7, 11) is -3.28. The van der Waals surface area contributed by atoms with Gasteiger partial charge in [-0.15, -0.1) is 0 Å². The number of alkyl halides is 3. The number of nitro groups is 1. The van der Waals surface area contributed by atoms with Crippen LogP contribution in [0.5, 0.6) is 0 Å². The Morgan fingerprint density at radius 1 is 1.15 bits per heavy atom. The van der Waals surface area contributed by atoms with Crippen LogP contribution in [0.1, 0.15) is 11.1 Å². The van der Waals surface area contributed by atoms with Crippen molar-refractivity contribution in [3.63, 3.8) is 0 Å². The first-order chi connectivity index (χ1) is 11.9. The molecule has 0 spiro atoms. The molecule has 26 heavy (non-hydrogen) atoms. The second-order valence-corrected chi connectivity index (χ2v) is 7.72. The van der Waals surface area contributed by atoms with E-state index in [1.54, 1.807) is 0 Å². The third-order valence-electron chi connectivity index (χ3n) is 3.65. The largest absolute Gasteiger partial charge is 0.417 e. The molecule has 0 N–H and O–H groups in total. The van der Waals surface area contributed by atoms with Crippen molar-refractivity contribution in [2.24, 2.45) is 0 Å². The van der Waals surface area contributed by atoms with Crippen LogP contribution >= 0.6 is 11.6 Å². The molecule has 0 aliphatic heterocycles. The van der Waals surface area contributed by atoms with Gasteiger partial charge in [-0.25, -0.2) is 8.42 Å². The molecular weight excluding hydrogens is 397 g/mol. The molecule has 11 heteroatoms. The highest BCUT2D eigenvalue weighted by molar-refractivity contribution is 7.92. The van der Waals surface area contributed by atoms with E-state index >= 15 is 0 Å². The summed E-state index contributed by atoms with van der Waals surface area (Å²) in [5.41, 5.74) is -1.63. The average molecular weight is 409 g/mol. The number of hydrogen-bond donors (Lipinski definition) is 0. The summed E-state index contributed by atoms with van der Waals surface area (Å²) in [5, 5.41) is 10.4. The molecule has 0 amide bonds. The third kappa shape index (κ3) is 3.75. The number of rotatable bonds is 4. The molecule has 0 atom stereocenters. The van der Waals surface area contributed by atoms with E-state index in [2.05, 4.69) is 0 Å². The van der Waals surface area contributed by atoms with Crippen LogP contribution in [0.25, 0.3) is 0 Å². The van der Waals surface area contributed by atoms with Gasteiger partial charge in [-0.05, 0) is 31.2 Å². The fraction of sp³-hybridized carbons (Fsp3) is 0.200. The van der Waals surface area contributed by atoms with E-state index in [1.165, 1.54) is 13.0 Å². The average Bonchev–Trinajstić information content (AvgIpc) is 2.53. The van der Waals surface area contributed by atoms with Crippen LogP contribution in [0.4, 0.5) is 24.5 Å². The summed E-state index contributed by atoms with van der Waals surface area (Å²) >= 11 is 5.53. The minimum absolute atomic E-state index is 0.252. The smallest absolute Gasteiger partial charge is 0.269 e. The molecule has 2 aromatic carbocycles. The number of nitro benzene ring substituents is 1. The Morgan fingerprint density at radius 2 is 1.77 bits per heavy atom. The number of sulfonamides is 1. The van der Waals surface area contributed by atoms with Crippen molar-refractivity contribution < 1.29 is 26.5 Å². The number of benzene rings is 2. The molecular formula is C15H12ClF3N2O4S. The second-order valence-electron chi connectivity index (χ2n) is 5.34.